The fourth-order valence-electron chi connectivity index (χ4n) is 2.41. The molecule has 2 heterocycles. The summed E-state index contributed by atoms with van der Waals surface area (Å²) in [5.74, 6) is 0.655. The molecule has 1 saturated heterocycles. The summed E-state index contributed by atoms with van der Waals surface area (Å²) in [6, 6.07) is 3.50. The van der Waals surface area contributed by atoms with Crippen molar-refractivity contribution in [3.63, 3.8) is 0 Å². The number of carbonyl (C=O) groups excluding carboxylic acids is 1. The first-order valence-electron chi connectivity index (χ1n) is 6.80. The van der Waals surface area contributed by atoms with Crippen LogP contribution in [0.2, 0.25) is 0 Å². The van der Waals surface area contributed by atoms with E-state index in [1.807, 2.05) is 30.9 Å². The van der Waals surface area contributed by atoms with Gasteiger partial charge in [-0.25, -0.2) is 9.78 Å². The predicted molar refractivity (Wildman–Crippen MR) is 75.0 cm³/mol. The van der Waals surface area contributed by atoms with Gasteiger partial charge in [-0.2, -0.15) is 0 Å². The third kappa shape index (κ3) is 2.97. The van der Waals surface area contributed by atoms with E-state index in [9.17, 15) is 4.79 Å². The quantitative estimate of drug-likeness (QED) is 0.843. The molecule has 0 aromatic carbocycles. The van der Waals surface area contributed by atoms with Crippen molar-refractivity contribution in [2.75, 3.05) is 23.8 Å². The van der Waals surface area contributed by atoms with Gasteiger partial charge in [-0.3, -0.25) is 0 Å². The second kappa shape index (κ2) is 5.91. The van der Waals surface area contributed by atoms with E-state index in [4.69, 9.17) is 10.5 Å². The maximum Gasteiger partial charge on any atom is 0.328 e. The van der Waals surface area contributed by atoms with Crippen LogP contribution in [0.1, 0.15) is 31.9 Å². The number of esters is 1. The van der Waals surface area contributed by atoms with Crippen LogP contribution >= 0.6 is 0 Å². The lowest BCUT2D eigenvalue weighted by molar-refractivity contribution is -0.145. The zero-order chi connectivity index (χ0) is 13.8. The molecule has 0 radical (unpaired) electrons. The minimum atomic E-state index is -0.218. The van der Waals surface area contributed by atoms with Gasteiger partial charge in [0, 0.05) is 6.54 Å². The van der Waals surface area contributed by atoms with Gasteiger partial charge in [-0.1, -0.05) is 0 Å². The Hall–Kier alpha value is -1.78. The van der Waals surface area contributed by atoms with Crippen molar-refractivity contribution in [1.29, 1.82) is 0 Å². The summed E-state index contributed by atoms with van der Waals surface area (Å²) in [6.07, 6.45) is 2.94. The number of nitrogens with two attached hydrogens (primary N) is 1. The largest absolute Gasteiger partial charge is 0.464 e. The van der Waals surface area contributed by atoms with Crippen LogP contribution in [-0.4, -0.2) is 30.1 Å². The summed E-state index contributed by atoms with van der Waals surface area (Å²) in [5.41, 5.74) is 7.26. The molecule has 1 unspecified atom stereocenters. The molecule has 2 N–H and O–H groups in total. The number of nitrogen functional groups attached to an aromatic ring is 1. The van der Waals surface area contributed by atoms with Crippen LogP contribution in [0, 0.1) is 6.92 Å². The topological polar surface area (TPSA) is 68.5 Å². The standard InChI is InChI=1S/C14H21N3O2/c1-3-19-14(18)12-6-4-5-9-17(12)13-8-7-11(15)10(2)16-13/h7-8,12H,3-6,9,15H2,1-2H3. The molecular weight excluding hydrogens is 242 g/mol. The molecule has 1 aromatic rings. The van der Waals surface area contributed by atoms with Gasteiger partial charge in [0.25, 0.3) is 0 Å². The summed E-state index contributed by atoms with van der Waals surface area (Å²) < 4.78 is 5.15. The zero-order valence-electron chi connectivity index (χ0n) is 11.6. The summed E-state index contributed by atoms with van der Waals surface area (Å²) in [7, 11) is 0. The van der Waals surface area contributed by atoms with E-state index in [-0.39, 0.29) is 12.0 Å². The number of anilines is 2. The molecule has 0 spiro atoms. The number of ether oxygens (including phenoxy) is 1. The fraction of sp³-hybridized carbons (Fsp3) is 0.571. The first-order valence-corrected chi connectivity index (χ1v) is 6.80. The molecule has 19 heavy (non-hydrogen) atoms. The van der Waals surface area contributed by atoms with Gasteiger partial charge in [-0.15, -0.1) is 0 Å². The highest BCUT2D eigenvalue weighted by Crippen LogP contribution is 2.25. The zero-order valence-corrected chi connectivity index (χ0v) is 11.6. The van der Waals surface area contributed by atoms with Crippen molar-refractivity contribution in [2.45, 2.75) is 39.2 Å². The third-order valence-electron chi connectivity index (χ3n) is 3.47. The SMILES string of the molecule is CCOC(=O)C1CCCCN1c1ccc(N)c(C)n1. The number of aryl methyl sites for hydroxylation is 1. The third-order valence-corrected chi connectivity index (χ3v) is 3.47. The van der Waals surface area contributed by atoms with Gasteiger partial charge in [0.1, 0.15) is 11.9 Å². The lowest BCUT2D eigenvalue weighted by atomic mass is 10.0. The van der Waals surface area contributed by atoms with Crippen molar-refractivity contribution >= 4 is 17.5 Å². The van der Waals surface area contributed by atoms with Gasteiger partial charge >= 0.3 is 5.97 Å². The minimum Gasteiger partial charge on any atom is -0.464 e. The van der Waals surface area contributed by atoms with E-state index in [1.165, 1.54) is 0 Å². The van der Waals surface area contributed by atoms with Crippen LogP contribution in [0.3, 0.4) is 0 Å². The number of hydrogen-bond acceptors (Lipinski definition) is 5. The van der Waals surface area contributed by atoms with Crippen LogP contribution in [0.25, 0.3) is 0 Å². The monoisotopic (exact) mass is 263 g/mol. The minimum absolute atomic E-state index is 0.154. The Kier molecular flexibility index (Phi) is 4.24. The summed E-state index contributed by atoms with van der Waals surface area (Å²) in [6.45, 7) is 4.95. The summed E-state index contributed by atoms with van der Waals surface area (Å²) >= 11 is 0. The highest BCUT2D eigenvalue weighted by Gasteiger charge is 2.30. The Morgan fingerprint density at radius 1 is 1.53 bits per heavy atom. The molecule has 1 aromatic heterocycles. The molecule has 1 atom stereocenters. The van der Waals surface area contributed by atoms with Crippen LogP contribution in [0.5, 0.6) is 0 Å². The Labute approximate surface area is 113 Å². The second-order valence-corrected chi connectivity index (χ2v) is 4.80. The van der Waals surface area contributed by atoms with Crippen molar-refractivity contribution in [3.05, 3.63) is 17.8 Å². The number of nitrogens with zero attached hydrogens (tertiary/aromatic N) is 2. The van der Waals surface area contributed by atoms with Crippen LogP contribution in [0.15, 0.2) is 12.1 Å². The highest BCUT2D eigenvalue weighted by atomic mass is 16.5. The molecule has 104 valence electrons. The number of aromatic nitrogens is 1. The lowest BCUT2D eigenvalue weighted by Crippen LogP contribution is -2.46. The molecule has 2 rings (SSSR count). The fourth-order valence-corrected chi connectivity index (χ4v) is 2.41. The normalized spacial score (nSPS) is 19.3. The molecule has 1 aliphatic heterocycles. The van der Waals surface area contributed by atoms with E-state index < -0.39 is 0 Å². The smallest absolute Gasteiger partial charge is 0.328 e. The number of carbonyl (C=O) groups is 1. The first-order chi connectivity index (χ1) is 9.13. The van der Waals surface area contributed by atoms with Gasteiger partial charge in [0.05, 0.1) is 18.0 Å². The van der Waals surface area contributed by atoms with Crippen molar-refractivity contribution in [2.24, 2.45) is 0 Å². The molecule has 0 bridgehead atoms. The Balaban J connectivity index is 2.23. The average Bonchev–Trinajstić information content (AvgIpc) is 2.42. The van der Waals surface area contributed by atoms with Crippen molar-refractivity contribution in [3.8, 4) is 0 Å². The second-order valence-electron chi connectivity index (χ2n) is 4.80. The molecule has 1 aliphatic rings. The molecule has 0 amide bonds. The Bertz CT molecular complexity index is 462. The lowest BCUT2D eigenvalue weighted by Gasteiger charge is -2.35. The predicted octanol–water partition coefficient (Wildman–Crippen LogP) is 1.89. The molecular formula is C14H21N3O2. The number of hydrogen-bond donors (Lipinski definition) is 1. The van der Waals surface area contributed by atoms with Crippen LogP contribution in [-0.2, 0) is 9.53 Å². The van der Waals surface area contributed by atoms with Gasteiger partial charge in [-0.05, 0) is 45.2 Å². The van der Waals surface area contributed by atoms with Gasteiger partial charge in [0.15, 0.2) is 0 Å². The molecule has 5 nitrogen and oxygen atoms in total. The van der Waals surface area contributed by atoms with Crippen LogP contribution in [0.4, 0.5) is 11.5 Å². The van der Waals surface area contributed by atoms with E-state index in [2.05, 4.69) is 4.98 Å². The maximum absolute atomic E-state index is 12.0. The van der Waals surface area contributed by atoms with E-state index >= 15 is 0 Å². The van der Waals surface area contributed by atoms with Gasteiger partial charge < -0.3 is 15.4 Å². The number of rotatable bonds is 3. The van der Waals surface area contributed by atoms with E-state index in [1.54, 1.807) is 0 Å². The first kappa shape index (κ1) is 13.6. The molecule has 0 aliphatic carbocycles. The van der Waals surface area contributed by atoms with Gasteiger partial charge in [0.2, 0.25) is 0 Å². The van der Waals surface area contributed by atoms with E-state index in [0.29, 0.717) is 12.3 Å². The van der Waals surface area contributed by atoms with E-state index in [0.717, 1.165) is 37.3 Å². The average molecular weight is 263 g/mol. The number of pyridine rings is 1. The maximum atomic E-state index is 12.0. The van der Waals surface area contributed by atoms with Crippen LogP contribution < -0.4 is 10.6 Å². The molecule has 1 fully saturated rings. The molecule has 0 saturated carbocycles. The molecule has 5 heteroatoms. The highest BCUT2D eigenvalue weighted by molar-refractivity contribution is 5.80. The Morgan fingerprint density at radius 3 is 3.00 bits per heavy atom. The van der Waals surface area contributed by atoms with Crippen molar-refractivity contribution < 1.29 is 9.53 Å². The summed E-state index contributed by atoms with van der Waals surface area (Å²) in [4.78, 5) is 18.5. The summed E-state index contributed by atoms with van der Waals surface area (Å²) in [5, 5.41) is 0. The number of piperidine rings is 1. The Morgan fingerprint density at radius 2 is 2.32 bits per heavy atom. The van der Waals surface area contributed by atoms with Crippen molar-refractivity contribution in [1.82, 2.24) is 4.98 Å².